The van der Waals surface area contributed by atoms with Crippen LogP contribution in [-0.2, 0) is 4.79 Å². The van der Waals surface area contributed by atoms with Crippen molar-refractivity contribution in [3.63, 3.8) is 0 Å². The molecule has 1 aromatic rings. The van der Waals surface area contributed by atoms with E-state index in [0.717, 1.165) is 0 Å². The van der Waals surface area contributed by atoms with E-state index in [2.05, 4.69) is 4.74 Å². The Labute approximate surface area is 74.1 Å². The van der Waals surface area contributed by atoms with Crippen molar-refractivity contribution >= 4 is 5.97 Å². The second kappa shape index (κ2) is 3.86. The summed E-state index contributed by atoms with van der Waals surface area (Å²) in [5.41, 5.74) is 4.62. The Morgan fingerprint density at radius 3 is 2.92 bits per heavy atom. The predicted octanol–water partition coefficient (Wildman–Crippen LogP) is -0.188. The topological polar surface area (TPSA) is 82.5 Å². The summed E-state index contributed by atoms with van der Waals surface area (Å²) in [5.74, 6) is -0.506. The van der Waals surface area contributed by atoms with Crippen LogP contribution in [0.4, 0.5) is 0 Å². The Kier molecular flexibility index (Phi) is 2.81. The van der Waals surface area contributed by atoms with Crippen LogP contribution < -0.4 is 15.9 Å². The van der Waals surface area contributed by atoms with Crippen LogP contribution in [-0.4, -0.2) is 12.5 Å². The highest BCUT2D eigenvalue weighted by atomic mass is 16.5. The van der Waals surface area contributed by atoms with Crippen LogP contribution in [0.2, 0.25) is 0 Å². The molecule has 2 N–H and O–H groups in total. The third-order valence-corrected chi connectivity index (χ3v) is 1.39. The fraction of sp³-hybridized carbons (Fsp3) is 0.250. The number of aryl methyl sites for hydroxylation is 1. The molecule has 0 saturated carbocycles. The summed E-state index contributed by atoms with van der Waals surface area (Å²) in [6.07, 6.45) is 1.23. The molecule has 5 heteroatoms. The van der Waals surface area contributed by atoms with Crippen LogP contribution in [0.15, 0.2) is 21.5 Å². The van der Waals surface area contributed by atoms with E-state index in [1.165, 1.54) is 19.3 Å². The number of ether oxygens (including phenoxy) is 1. The Hall–Kier alpha value is -1.62. The van der Waals surface area contributed by atoms with Crippen LogP contribution in [0, 0.1) is 6.92 Å². The largest absolute Gasteiger partial charge is 0.465 e. The first-order valence-corrected chi connectivity index (χ1v) is 3.64. The fourth-order valence-electron chi connectivity index (χ4n) is 0.778. The molecular formula is C8H9NO4. The van der Waals surface area contributed by atoms with Gasteiger partial charge in [-0.3, -0.25) is 9.59 Å². The number of carbonyl (C=O) groups is 1. The number of hydrogen-bond donors (Lipinski definition) is 1. The smallest absolute Gasteiger partial charge is 0.325 e. The average Bonchev–Trinajstić information content (AvgIpc) is 2.11. The molecule has 0 aliphatic heterocycles. The van der Waals surface area contributed by atoms with Gasteiger partial charge in [0.25, 0.3) is 0 Å². The first-order chi connectivity index (χ1) is 6.15. The number of esters is 1. The highest BCUT2D eigenvalue weighted by Crippen LogP contribution is 2.10. The van der Waals surface area contributed by atoms with Gasteiger partial charge >= 0.3 is 5.97 Å². The Morgan fingerprint density at radius 2 is 2.38 bits per heavy atom. The standard InChI is InChI=1S/C8H9NO4/c1-5-8(13-7(11)4-9)6(10)2-3-12-5/h2-3H,4,9H2,1H3. The molecule has 13 heavy (non-hydrogen) atoms. The molecule has 0 aliphatic carbocycles. The van der Waals surface area contributed by atoms with Crippen LogP contribution in [0.1, 0.15) is 5.76 Å². The van der Waals surface area contributed by atoms with Crippen molar-refractivity contribution in [1.29, 1.82) is 0 Å². The van der Waals surface area contributed by atoms with Gasteiger partial charge in [0.1, 0.15) is 5.76 Å². The highest BCUT2D eigenvalue weighted by Gasteiger charge is 2.10. The predicted molar refractivity (Wildman–Crippen MR) is 44.4 cm³/mol. The second-order valence-electron chi connectivity index (χ2n) is 2.35. The van der Waals surface area contributed by atoms with Gasteiger partial charge in [-0.25, -0.2) is 0 Å². The molecule has 70 valence electrons. The molecule has 0 aliphatic rings. The number of rotatable bonds is 2. The monoisotopic (exact) mass is 183 g/mol. The lowest BCUT2D eigenvalue weighted by atomic mass is 10.4. The molecule has 0 spiro atoms. The highest BCUT2D eigenvalue weighted by molar-refractivity contribution is 5.74. The average molecular weight is 183 g/mol. The third-order valence-electron chi connectivity index (χ3n) is 1.39. The first-order valence-electron chi connectivity index (χ1n) is 3.64. The van der Waals surface area contributed by atoms with Gasteiger partial charge in [0.15, 0.2) is 0 Å². The van der Waals surface area contributed by atoms with Gasteiger partial charge in [-0.1, -0.05) is 0 Å². The molecule has 0 radical (unpaired) electrons. The minimum atomic E-state index is -0.665. The normalized spacial score (nSPS) is 9.69. The SMILES string of the molecule is Cc1occc(=O)c1OC(=O)CN. The fourth-order valence-corrected chi connectivity index (χ4v) is 0.778. The van der Waals surface area contributed by atoms with Crippen molar-refractivity contribution in [2.45, 2.75) is 6.92 Å². The molecule has 0 unspecified atom stereocenters. The van der Waals surface area contributed by atoms with E-state index in [0.29, 0.717) is 0 Å². The molecule has 0 fully saturated rings. The van der Waals surface area contributed by atoms with Crippen LogP contribution in [0.25, 0.3) is 0 Å². The van der Waals surface area contributed by atoms with Crippen molar-refractivity contribution < 1.29 is 13.9 Å². The van der Waals surface area contributed by atoms with E-state index >= 15 is 0 Å². The first kappa shape index (κ1) is 9.47. The molecule has 0 aromatic carbocycles. The summed E-state index contributed by atoms with van der Waals surface area (Å²) in [6, 6.07) is 1.17. The maximum atomic E-state index is 11.1. The summed E-state index contributed by atoms with van der Waals surface area (Å²) in [6.45, 7) is 1.26. The van der Waals surface area contributed by atoms with Gasteiger partial charge < -0.3 is 14.9 Å². The third kappa shape index (κ3) is 2.16. The van der Waals surface area contributed by atoms with Gasteiger partial charge in [-0.15, -0.1) is 0 Å². The zero-order chi connectivity index (χ0) is 9.84. The zero-order valence-electron chi connectivity index (χ0n) is 7.07. The van der Waals surface area contributed by atoms with Gasteiger partial charge in [0.05, 0.1) is 12.8 Å². The summed E-state index contributed by atoms with van der Waals surface area (Å²) >= 11 is 0. The van der Waals surface area contributed by atoms with E-state index in [1.54, 1.807) is 0 Å². The van der Waals surface area contributed by atoms with Crippen molar-refractivity contribution in [3.05, 3.63) is 28.3 Å². The molecular weight excluding hydrogens is 174 g/mol. The minimum absolute atomic E-state index is 0.0991. The molecule has 1 heterocycles. The summed E-state index contributed by atoms with van der Waals surface area (Å²) in [7, 11) is 0. The van der Waals surface area contributed by atoms with Gasteiger partial charge in [-0.2, -0.15) is 0 Å². The van der Waals surface area contributed by atoms with E-state index in [9.17, 15) is 9.59 Å². The second-order valence-corrected chi connectivity index (χ2v) is 2.35. The summed E-state index contributed by atoms with van der Waals surface area (Å²) in [5, 5.41) is 0. The lowest BCUT2D eigenvalue weighted by Crippen LogP contribution is -2.22. The zero-order valence-corrected chi connectivity index (χ0v) is 7.07. The molecule has 0 atom stereocenters. The van der Waals surface area contributed by atoms with Crippen molar-refractivity contribution in [3.8, 4) is 5.75 Å². The lowest BCUT2D eigenvalue weighted by molar-refractivity contribution is -0.133. The van der Waals surface area contributed by atoms with Crippen molar-refractivity contribution in [2.24, 2.45) is 5.73 Å². The molecule has 1 aromatic heterocycles. The van der Waals surface area contributed by atoms with Crippen LogP contribution in [0.5, 0.6) is 5.75 Å². The van der Waals surface area contributed by atoms with Crippen molar-refractivity contribution in [1.82, 2.24) is 0 Å². The maximum absolute atomic E-state index is 11.1. The van der Waals surface area contributed by atoms with E-state index in [-0.39, 0.29) is 18.1 Å². The Balaban J connectivity index is 3.00. The van der Waals surface area contributed by atoms with Crippen molar-refractivity contribution in [2.75, 3.05) is 6.54 Å². The van der Waals surface area contributed by atoms with Gasteiger partial charge in [-0.05, 0) is 6.92 Å². The number of hydrogen-bond acceptors (Lipinski definition) is 5. The lowest BCUT2D eigenvalue weighted by Gasteiger charge is -2.02. The maximum Gasteiger partial charge on any atom is 0.325 e. The Morgan fingerprint density at radius 1 is 1.69 bits per heavy atom. The molecule has 0 saturated heterocycles. The summed E-state index contributed by atoms with van der Waals surface area (Å²) in [4.78, 5) is 21.9. The minimum Gasteiger partial charge on any atom is -0.465 e. The quantitative estimate of drug-likeness (QED) is 0.642. The molecule has 1 rings (SSSR count). The molecule has 0 amide bonds. The van der Waals surface area contributed by atoms with Crippen LogP contribution >= 0.6 is 0 Å². The Bertz CT molecular complexity index is 369. The van der Waals surface area contributed by atoms with E-state index in [1.807, 2.05) is 0 Å². The van der Waals surface area contributed by atoms with Gasteiger partial charge in [0, 0.05) is 6.07 Å². The molecule has 0 bridgehead atoms. The van der Waals surface area contributed by atoms with E-state index < -0.39 is 11.4 Å². The molecule has 5 nitrogen and oxygen atoms in total. The van der Waals surface area contributed by atoms with E-state index in [4.69, 9.17) is 10.2 Å². The number of nitrogens with two attached hydrogens (primary N) is 1. The van der Waals surface area contributed by atoms with Gasteiger partial charge in [0.2, 0.25) is 11.2 Å². The summed E-state index contributed by atoms with van der Waals surface area (Å²) < 4.78 is 9.52. The van der Waals surface area contributed by atoms with Crippen LogP contribution in [0.3, 0.4) is 0 Å². The number of carbonyl (C=O) groups excluding carboxylic acids is 1.